The van der Waals surface area contributed by atoms with Crippen molar-refractivity contribution in [2.45, 2.75) is 147 Å². The number of rotatable bonds is 9. The smallest absolute Gasteiger partial charge is 0.408 e. The van der Waals surface area contributed by atoms with Gasteiger partial charge in [0.05, 0.1) is 34.8 Å². The van der Waals surface area contributed by atoms with E-state index in [-0.39, 0.29) is 30.9 Å². The van der Waals surface area contributed by atoms with Gasteiger partial charge in [-0.3, -0.25) is 19.1 Å². The van der Waals surface area contributed by atoms with Crippen molar-refractivity contribution < 1.29 is 50.6 Å². The van der Waals surface area contributed by atoms with Gasteiger partial charge in [0.1, 0.15) is 41.3 Å². The molecule has 3 aliphatic carbocycles. The first-order valence-electron chi connectivity index (χ1n) is 20.9. The van der Waals surface area contributed by atoms with E-state index in [9.17, 15) is 36.4 Å². The maximum absolute atomic E-state index is 14.9. The Labute approximate surface area is 343 Å². The predicted molar refractivity (Wildman–Crippen MR) is 211 cm³/mol. The minimum Gasteiger partial charge on any atom is -0.494 e. The lowest BCUT2D eigenvalue weighted by Crippen LogP contribution is -2.61. The molecule has 2 bridgehead atoms. The van der Waals surface area contributed by atoms with Crippen molar-refractivity contribution >= 4 is 44.9 Å². The molecule has 8 atom stereocenters. The summed E-state index contributed by atoms with van der Waals surface area (Å²) in [5, 5.41) is 5.27. The highest BCUT2D eigenvalue weighted by molar-refractivity contribution is 7.91. The van der Waals surface area contributed by atoms with Gasteiger partial charge < -0.3 is 29.7 Å². The van der Waals surface area contributed by atoms with Crippen LogP contribution in [0.3, 0.4) is 0 Å². The second-order valence-corrected chi connectivity index (χ2v) is 20.4. The Balaban J connectivity index is 1.27. The predicted octanol–water partition coefficient (Wildman–Crippen LogP) is 4.80. The molecule has 18 heteroatoms. The Morgan fingerprint density at radius 3 is 2.46 bits per heavy atom. The molecule has 0 radical (unpaired) electrons. The summed E-state index contributed by atoms with van der Waals surface area (Å²) < 4.78 is 73.9. The van der Waals surface area contributed by atoms with Gasteiger partial charge in [-0.2, -0.15) is 0 Å². The molecule has 1 saturated heterocycles. The molecule has 1 aromatic heterocycles. The van der Waals surface area contributed by atoms with Gasteiger partial charge in [0.15, 0.2) is 0 Å². The molecule has 2 aliphatic heterocycles. The molecule has 15 nitrogen and oxygen atoms in total. The Morgan fingerprint density at radius 2 is 1.81 bits per heavy atom. The van der Waals surface area contributed by atoms with Crippen LogP contribution in [0.4, 0.5) is 13.6 Å². The number of aryl methyl sites for hydroxylation is 1. The van der Waals surface area contributed by atoms with Crippen molar-refractivity contribution in [2.75, 3.05) is 13.2 Å². The number of nitrogens with one attached hydrogen (secondary N) is 3. The molecular weight excluding hydrogens is 791 g/mol. The number of carbonyl (C=O) groups is 4. The number of sulfonamides is 1. The number of alkyl carbamates (subject to hydrolysis) is 1. The van der Waals surface area contributed by atoms with Gasteiger partial charge >= 0.3 is 6.09 Å². The van der Waals surface area contributed by atoms with Crippen LogP contribution in [-0.2, 0) is 35.6 Å². The second kappa shape index (κ2) is 15.9. The van der Waals surface area contributed by atoms with E-state index in [1.165, 1.54) is 11.8 Å². The monoisotopic (exact) mass is 846 g/mol. The maximum atomic E-state index is 14.9. The summed E-state index contributed by atoms with van der Waals surface area (Å²) in [5.41, 5.74) is -1.41. The van der Waals surface area contributed by atoms with Crippen molar-refractivity contribution in [3.63, 3.8) is 0 Å². The minimum atomic E-state index is -4.24. The third-order valence-corrected chi connectivity index (χ3v) is 14.9. The zero-order valence-electron chi connectivity index (χ0n) is 34.5. The Hall–Kier alpha value is -4.35. The molecule has 5 aliphatic rings. The van der Waals surface area contributed by atoms with Crippen molar-refractivity contribution in [2.24, 2.45) is 23.2 Å². The van der Waals surface area contributed by atoms with Gasteiger partial charge in [0, 0.05) is 12.0 Å². The van der Waals surface area contributed by atoms with E-state index < -0.39 is 92.4 Å². The van der Waals surface area contributed by atoms with Crippen LogP contribution in [0.2, 0.25) is 0 Å². The molecule has 324 valence electrons. The first kappa shape index (κ1) is 42.8. The summed E-state index contributed by atoms with van der Waals surface area (Å²) >= 11 is 0. The Bertz CT molecular complexity index is 2100. The molecule has 4 amide bonds. The summed E-state index contributed by atoms with van der Waals surface area (Å²) in [6.45, 7) is 10.6. The number of hydrogen-bond acceptors (Lipinski definition) is 11. The number of carbonyl (C=O) groups excluding carboxylic acids is 4. The topological polar surface area (TPSA) is 195 Å². The van der Waals surface area contributed by atoms with E-state index >= 15 is 0 Å². The Morgan fingerprint density at radius 1 is 1.07 bits per heavy atom. The van der Waals surface area contributed by atoms with Gasteiger partial charge in [-0.25, -0.2) is 32.0 Å². The van der Waals surface area contributed by atoms with Crippen LogP contribution in [0.1, 0.15) is 105 Å². The van der Waals surface area contributed by atoms with E-state index in [2.05, 4.69) is 10.6 Å². The number of ether oxygens (including phenoxy) is 3. The lowest BCUT2D eigenvalue weighted by molar-refractivity contribution is -0.144. The molecule has 8 unspecified atom stereocenters. The summed E-state index contributed by atoms with van der Waals surface area (Å²) in [6.07, 6.45) is -0.0140. The van der Waals surface area contributed by atoms with Gasteiger partial charge in [-0.1, -0.05) is 40.5 Å². The van der Waals surface area contributed by atoms with Crippen LogP contribution in [0, 0.1) is 23.2 Å². The molecular formula is C41H56F2N6O9S. The number of alkyl halides is 2. The first-order valence-corrected chi connectivity index (χ1v) is 22.3. The maximum Gasteiger partial charge on any atom is 0.408 e. The average Bonchev–Trinajstić information content (AvgIpc) is 4.11. The molecule has 0 spiro atoms. The number of halogens is 2. The van der Waals surface area contributed by atoms with E-state index in [1.807, 2.05) is 23.8 Å². The van der Waals surface area contributed by atoms with Crippen LogP contribution in [0.15, 0.2) is 18.2 Å². The lowest BCUT2D eigenvalue weighted by atomic mass is 9.85. The largest absolute Gasteiger partial charge is 0.494 e. The van der Waals surface area contributed by atoms with Crippen molar-refractivity contribution in [3.8, 4) is 11.6 Å². The van der Waals surface area contributed by atoms with Gasteiger partial charge in [0.25, 0.3) is 5.91 Å². The molecule has 7 rings (SSSR count). The van der Waals surface area contributed by atoms with Crippen molar-refractivity contribution in [3.05, 3.63) is 23.9 Å². The SMILES string of the molecule is CCOc1ccc2nc3c(nc2c1)OC1CN(C(=O)C(C(C)(C)C)NC(=O)OC2CC2CCCCC3)C(C(=O)NC2(C(=O)NS(=O)(=O)C3(C)CC3)CC2C(F)F)C1CC. The van der Waals surface area contributed by atoms with Crippen molar-refractivity contribution in [1.82, 2.24) is 30.2 Å². The molecule has 3 N–H and O–H groups in total. The van der Waals surface area contributed by atoms with Gasteiger partial charge in [-0.05, 0) is 88.7 Å². The van der Waals surface area contributed by atoms with E-state index in [4.69, 9.17) is 24.2 Å². The molecule has 1 aromatic carbocycles. The normalized spacial score (nSPS) is 30.7. The fourth-order valence-electron chi connectivity index (χ4n) is 8.54. The molecule has 3 saturated carbocycles. The van der Waals surface area contributed by atoms with E-state index in [0.717, 1.165) is 25.7 Å². The molecule has 4 fully saturated rings. The third kappa shape index (κ3) is 8.65. The standard InChI is InChI=1S/C41H56F2N6O9S/c1-7-24-30-21-49(31(24)34(50)47-41(20-25(41)33(42)43)37(52)48-59(54,55)40(6)16-17-40)36(51)32(39(3,4)5)46-38(53)58-29-18-22(29)12-10-9-11-13-27-35(57-30)45-28-19-23(56-8-2)14-15-26(28)44-27/h14-15,19,22,24-25,29-33H,7-13,16-18,20-21H2,1-6H3,(H,46,53)(H,47,50)(H,48,52). The quantitative estimate of drug-likeness (QED) is 0.314. The van der Waals surface area contributed by atoms with Crippen LogP contribution in [-0.4, -0.2) is 101 Å². The molecule has 2 aromatic rings. The van der Waals surface area contributed by atoms with Crippen LogP contribution < -0.4 is 24.8 Å². The molecule has 3 heterocycles. The Kier molecular flexibility index (Phi) is 11.5. The fourth-order valence-corrected chi connectivity index (χ4v) is 9.85. The zero-order valence-corrected chi connectivity index (χ0v) is 35.3. The number of nitrogens with zero attached hydrogens (tertiary/aromatic N) is 3. The highest BCUT2D eigenvalue weighted by Gasteiger charge is 2.68. The van der Waals surface area contributed by atoms with Gasteiger partial charge in [0.2, 0.25) is 34.1 Å². The summed E-state index contributed by atoms with van der Waals surface area (Å²) in [4.78, 5) is 67.7. The number of benzene rings is 1. The second-order valence-electron chi connectivity index (χ2n) is 18.2. The highest BCUT2D eigenvalue weighted by atomic mass is 32.2. The van der Waals surface area contributed by atoms with Crippen LogP contribution >= 0.6 is 0 Å². The summed E-state index contributed by atoms with van der Waals surface area (Å²) in [6, 6.07) is 2.80. The highest BCUT2D eigenvalue weighted by Crippen LogP contribution is 2.50. The van der Waals surface area contributed by atoms with Crippen LogP contribution in [0.5, 0.6) is 11.6 Å². The lowest BCUT2D eigenvalue weighted by Gasteiger charge is -2.36. The van der Waals surface area contributed by atoms with Crippen LogP contribution in [0.25, 0.3) is 11.0 Å². The first-order chi connectivity index (χ1) is 27.8. The number of fused-ring (bicyclic) bond motifs is 5. The third-order valence-electron chi connectivity index (χ3n) is 12.7. The summed E-state index contributed by atoms with van der Waals surface area (Å²) in [7, 11) is -4.24. The number of amides is 4. The fraction of sp³-hybridized carbons (Fsp3) is 0.707. The summed E-state index contributed by atoms with van der Waals surface area (Å²) in [5.74, 6) is -4.28. The number of aromatic nitrogens is 2. The number of hydrogen-bond donors (Lipinski definition) is 3. The van der Waals surface area contributed by atoms with Gasteiger partial charge in [-0.15, -0.1) is 0 Å². The van der Waals surface area contributed by atoms with E-state index in [1.54, 1.807) is 33.8 Å². The van der Waals surface area contributed by atoms with E-state index in [0.29, 0.717) is 54.8 Å². The molecule has 59 heavy (non-hydrogen) atoms. The van der Waals surface area contributed by atoms with Crippen molar-refractivity contribution in [1.29, 1.82) is 0 Å². The minimum absolute atomic E-state index is 0.175. The zero-order chi connectivity index (χ0) is 42.7. The average molecular weight is 847 g/mol.